The standard InChI is InChI=1S/C18H27N3O4/c1-5-21(6-2)15-9-7-14(8-10-15)18(24)25-12-17(23)19-11-16(22)20-13(3)4/h7-10,13H,5-6,11-12H2,1-4H3,(H,19,23)(H,20,22). The molecule has 0 atom stereocenters. The Morgan fingerprint density at radius 1 is 1.04 bits per heavy atom. The largest absolute Gasteiger partial charge is 0.452 e. The lowest BCUT2D eigenvalue weighted by molar-refractivity contribution is -0.128. The van der Waals surface area contributed by atoms with Crippen molar-refractivity contribution in [3.05, 3.63) is 29.8 Å². The van der Waals surface area contributed by atoms with Crippen LogP contribution in [0.3, 0.4) is 0 Å². The van der Waals surface area contributed by atoms with Crippen LogP contribution in [0.1, 0.15) is 38.1 Å². The first-order valence-corrected chi connectivity index (χ1v) is 8.45. The van der Waals surface area contributed by atoms with Gasteiger partial charge >= 0.3 is 5.97 Å². The normalized spacial score (nSPS) is 10.3. The third kappa shape index (κ3) is 7.24. The fourth-order valence-electron chi connectivity index (χ4n) is 2.21. The number of hydrogen-bond donors (Lipinski definition) is 2. The highest BCUT2D eigenvalue weighted by Gasteiger charge is 2.12. The number of amides is 2. The van der Waals surface area contributed by atoms with Gasteiger partial charge in [0.1, 0.15) is 0 Å². The van der Waals surface area contributed by atoms with E-state index in [9.17, 15) is 14.4 Å². The van der Waals surface area contributed by atoms with Crippen LogP contribution >= 0.6 is 0 Å². The van der Waals surface area contributed by atoms with Crippen LogP contribution in [0.2, 0.25) is 0 Å². The molecule has 138 valence electrons. The quantitative estimate of drug-likeness (QED) is 0.657. The number of anilines is 1. The number of hydrogen-bond acceptors (Lipinski definition) is 5. The Kier molecular flexibility index (Phi) is 8.46. The second-order valence-corrected chi connectivity index (χ2v) is 5.79. The van der Waals surface area contributed by atoms with Crippen molar-refractivity contribution in [2.75, 3.05) is 31.1 Å². The van der Waals surface area contributed by atoms with Crippen LogP contribution in [0.5, 0.6) is 0 Å². The van der Waals surface area contributed by atoms with Gasteiger partial charge in [-0.25, -0.2) is 4.79 Å². The maximum atomic E-state index is 12.0. The second-order valence-electron chi connectivity index (χ2n) is 5.79. The zero-order valence-electron chi connectivity index (χ0n) is 15.3. The highest BCUT2D eigenvalue weighted by atomic mass is 16.5. The molecule has 0 aliphatic rings. The number of esters is 1. The molecule has 0 saturated carbocycles. The lowest BCUT2D eigenvalue weighted by Crippen LogP contribution is -2.41. The molecule has 0 aromatic heterocycles. The molecule has 7 heteroatoms. The minimum Gasteiger partial charge on any atom is -0.452 e. The van der Waals surface area contributed by atoms with Crippen LogP contribution in [0, 0.1) is 0 Å². The SMILES string of the molecule is CCN(CC)c1ccc(C(=O)OCC(=O)NCC(=O)NC(C)C)cc1. The Balaban J connectivity index is 2.43. The lowest BCUT2D eigenvalue weighted by Gasteiger charge is -2.20. The molecule has 0 heterocycles. The number of rotatable bonds is 9. The van der Waals surface area contributed by atoms with Gasteiger partial charge in [0.25, 0.3) is 5.91 Å². The first kappa shape index (κ1) is 20.5. The van der Waals surface area contributed by atoms with E-state index in [4.69, 9.17) is 4.74 Å². The molecule has 0 aliphatic carbocycles. The van der Waals surface area contributed by atoms with Gasteiger partial charge in [-0.05, 0) is 52.0 Å². The Morgan fingerprint density at radius 2 is 1.64 bits per heavy atom. The summed E-state index contributed by atoms with van der Waals surface area (Å²) in [7, 11) is 0. The van der Waals surface area contributed by atoms with Crippen LogP contribution in [-0.2, 0) is 14.3 Å². The molecular formula is C18H27N3O4. The molecule has 1 aromatic rings. The summed E-state index contributed by atoms with van der Waals surface area (Å²) < 4.78 is 4.96. The predicted octanol–water partition coefficient (Wildman–Crippen LogP) is 1.33. The fourth-order valence-corrected chi connectivity index (χ4v) is 2.21. The summed E-state index contributed by atoms with van der Waals surface area (Å²) in [6.45, 7) is 8.96. The molecule has 7 nitrogen and oxygen atoms in total. The summed E-state index contributed by atoms with van der Waals surface area (Å²) in [6.07, 6.45) is 0. The van der Waals surface area contributed by atoms with E-state index in [0.717, 1.165) is 18.8 Å². The highest BCUT2D eigenvalue weighted by molar-refractivity contribution is 5.92. The molecule has 0 unspecified atom stereocenters. The zero-order valence-corrected chi connectivity index (χ0v) is 15.3. The van der Waals surface area contributed by atoms with Crippen LogP contribution in [0.4, 0.5) is 5.69 Å². The van der Waals surface area contributed by atoms with Crippen molar-refractivity contribution in [2.24, 2.45) is 0 Å². The Labute approximate surface area is 148 Å². The molecule has 1 rings (SSSR count). The number of nitrogens with zero attached hydrogens (tertiary/aromatic N) is 1. The predicted molar refractivity (Wildman–Crippen MR) is 96.6 cm³/mol. The van der Waals surface area contributed by atoms with E-state index in [-0.39, 0.29) is 18.5 Å². The van der Waals surface area contributed by atoms with Crippen molar-refractivity contribution in [1.29, 1.82) is 0 Å². The number of nitrogens with one attached hydrogen (secondary N) is 2. The monoisotopic (exact) mass is 349 g/mol. The number of ether oxygens (including phenoxy) is 1. The third-order valence-corrected chi connectivity index (χ3v) is 3.46. The summed E-state index contributed by atoms with van der Waals surface area (Å²) in [6, 6.07) is 7.04. The van der Waals surface area contributed by atoms with Gasteiger partial charge in [0, 0.05) is 24.8 Å². The first-order chi connectivity index (χ1) is 11.9. The number of carbonyl (C=O) groups is 3. The zero-order chi connectivity index (χ0) is 18.8. The Bertz CT molecular complexity index is 580. The third-order valence-electron chi connectivity index (χ3n) is 3.46. The topological polar surface area (TPSA) is 87.7 Å². The van der Waals surface area contributed by atoms with E-state index in [1.165, 1.54) is 0 Å². The lowest BCUT2D eigenvalue weighted by atomic mass is 10.2. The van der Waals surface area contributed by atoms with Crippen LogP contribution in [0.25, 0.3) is 0 Å². The van der Waals surface area contributed by atoms with Crippen LogP contribution in [0.15, 0.2) is 24.3 Å². The highest BCUT2D eigenvalue weighted by Crippen LogP contribution is 2.15. The smallest absolute Gasteiger partial charge is 0.338 e. The molecule has 0 fully saturated rings. The van der Waals surface area contributed by atoms with E-state index in [2.05, 4.69) is 29.4 Å². The van der Waals surface area contributed by atoms with Gasteiger partial charge in [0.05, 0.1) is 12.1 Å². The summed E-state index contributed by atoms with van der Waals surface area (Å²) >= 11 is 0. The molecule has 2 N–H and O–H groups in total. The summed E-state index contributed by atoms with van der Waals surface area (Å²) in [5, 5.41) is 5.05. The van der Waals surface area contributed by atoms with Gasteiger partial charge in [-0.1, -0.05) is 0 Å². The van der Waals surface area contributed by atoms with E-state index in [1.54, 1.807) is 12.1 Å². The van der Waals surface area contributed by atoms with Gasteiger partial charge in [0.15, 0.2) is 6.61 Å². The van der Waals surface area contributed by atoms with Gasteiger partial charge < -0.3 is 20.3 Å². The molecule has 0 radical (unpaired) electrons. The van der Waals surface area contributed by atoms with E-state index >= 15 is 0 Å². The van der Waals surface area contributed by atoms with E-state index in [1.807, 2.05) is 26.0 Å². The summed E-state index contributed by atoms with van der Waals surface area (Å²) in [5.41, 5.74) is 1.40. The minimum atomic E-state index is -0.576. The molecule has 0 bridgehead atoms. The molecule has 0 spiro atoms. The average molecular weight is 349 g/mol. The Morgan fingerprint density at radius 3 is 2.16 bits per heavy atom. The maximum Gasteiger partial charge on any atom is 0.338 e. The first-order valence-electron chi connectivity index (χ1n) is 8.45. The molecule has 2 amide bonds. The van der Waals surface area contributed by atoms with Gasteiger partial charge in [-0.2, -0.15) is 0 Å². The van der Waals surface area contributed by atoms with Crippen molar-refractivity contribution in [1.82, 2.24) is 10.6 Å². The van der Waals surface area contributed by atoms with Crippen LogP contribution < -0.4 is 15.5 Å². The van der Waals surface area contributed by atoms with Crippen molar-refractivity contribution in [3.8, 4) is 0 Å². The van der Waals surface area contributed by atoms with Gasteiger partial charge in [-0.3, -0.25) is 9.59 Å². The molecule has 1 aromatic carbocycles. The number of carbonyl (C=O) groups excluding carboxylic acids is 3. The van der Waals surface area contributed by atoms with Crippen molar-refractivity contribution >= 4 is 23.5 Å². The molecule has 25 heavy (non-hydrogen) atoms. The van der Waals surface area contributed by atoms with Crippen LogP contribution in [-0.4, -0.2) is 50.1 Å². The Hall–Kier alpha value is -2.57. The molecule has 0 saturated heterocycles. The fraction of sp³-hybridized carbons (Fsp3) is 0.500. The average Bonchev–Trinajstić information content (AvgIpc) is 2.59. The maximum absolute atomic E-state index is 12.0. The van der Waals surface area contributed by atoms with Crippen molar-refractivity contribution in [2.45, 2.75) is 33.7 Å². The van der Waals surface area contributed by atoms with Crippen molar-refractivity contribution < 1.29 is 19.1 Å². The van der Waals surface area contributed by atoms with E-state index < -0.39 is 18.5 Å². The minimum absolute atomic E-state index is 0.00143. The second kappa shape index (κ2) is 10.3. The van der Waals surface area contributed by atoms with Gasteiger partial charge in [0.2, 0.25) is 5.91 Å². The summed E-state index contributed by atoms with van der Waals surface area (Å²) in [4.78, 5) is 37.1. The number of benzene rings is 1. The molecule has 0 aliphatic heterocycles. The summed E-state index contributed by atoms with van der Waals surface area (Å²) in [5.74, 6) is -1.39. The van der Waals surface area contributed by atoms with E-state index in [0.29, 0.717) is 5.56 Å². The van der Waals surface area contributed by atoms with Crippen molar-refractivity contribution in [3.63, 3.8) is 0 Å². The van der Waals surface area contributed by atoms with Gasteiger partial charge in [-0.15, -0.1) is 0 Å². The molecular weight excluding hydrogens is 322 g/mol.